The molecule has 7 heteroatoms. The van der Waals surface area contributed by atoms with Crippen LogP contribution in [0, 0.1) is 5.82 Å². The van der Waals surface area contributed by atoms with E-state index in [1.807, 2.05) is 17.0 Å². The minimum Gasteiger partial charge on any atom is -0.489 e. The van der Waals surface area contributed by atoms with Crippen molar-refractivity contribution in [3.05, 3.63) is 54.0 Å². The lowest BCUT2D eigenvalue weighted by Crippen LogP contribution is -2.44. The largest absolute Gasteiger partial charge is 0.489 e. The van der Waals surface area contributed by atoms with Crippen LogP contribution in [0.15, 0.2) is 42.5 Å². The second-order valence-corrected chi connectivity index (χ2v) is 7.56. The molecule has 0 radical (unpaired) electrons. The van der Waals surface area contributed by atoms with Crippen LogP contribution in [0.5, 0.6) is 5.75 Å². The number of carbonyl (C=O) groups is 1. The summed E-state index contributed by atoms with van der Waals surface area (Å²) in [6.07, 6.45) is 2.71. The van der Waals surface area contributed by atoms with E-state index in [2.05, 4.69) is 15.2 Å². The van der Waals surface area contributed by atoms with E-state index >= 15 is 0 Å². The number of benzene rings is 1. The standard InChI is InChI=1S/C22H27FN4O2/c23-17-7-9-18(10-8-17)29-19-4-2-13-27(16-19)22(28)20-5-1-6-21(25-20)26-14-3-11-24-12-15-26/h1,5-10,19,24H,2-4,11-16H2/t19-/m0/s1. The average Bonchev–Trinajstić information content (AvgIpc) is 3.05. The molecular weight excluding hydrogens is 371 g/mol. The Hall–Kier alpha value is -2.67. The lowest BCUT2D eigenvalue weighted by molar-refractivity contribution is 0.0532. The number of pyridine rings is 1. The third kappa shape index (κ3) is 5.03. The molecule has 4 rings (SSSR count). The lowest BCUT2D eigenvalue weighted by Gasteiger charge is -2.33. The van der Waals surface area contributed by atoms with Gasteiger partial charge in [-0.05, 0) is 62.2 Å². The van der Waals surface area contributed by atoms with Gasteiger partial charge in [-0.3, -0.25) is 4.79 Å². The number of piperidine rings is 1. The van der Waals surface area contributed by atoms with Crippen LogP contribution >= 0.6 is 0 Å². The summed E-state index contributed by atoms with van der Waals surface area (Å²) in [5.41, 5.74) is 0.474. The van der Waals surface area contributed by atoms with Crippen LogP contribution in [0.1, 0.15) is 29.8 Å². The molecule has 2 saturated heterocycles. The van der Waals surface area contributed by atoms with Gasteiger partial charge in [-0.15, -0.1) is 0 Å². The van der Waals surface area contributed by atoms with Crippen molar-refractivity contribution in [3.63, 3.8) is 0 Å². The van der Waals surface area contributed by atoms with E-state index < -0.39 is 0 Å². The molecule has 2 fully saturated rings. The van der Waals surface area contributed by atoms with Crippen LogP contribution in [0.2, 0.25) is 0 Å². The van der Waals surface area contributed by atoms with E-state index in [0.29, 0.717) is 24.5 Å². The van der Waals surface area contributed by atoms with Gasteiger partial charge in [0, 0.05) is 26.2 Å². The Kier molecular flexibility index (Phi) is 6.24. The number of hydrogen-bond donors (Lipinski definition) is 1. The predicted octanol–water partition coefficient (Wildman–Crippen LogP) is 2.70. The summed E-state index contributed by atoms with van der Waals surface area (Å²) in [6.45, 7) is 4.97. The van der Waals surface area contributed by atoms with Crippen molar-refractivity contribution in [1.82, 2.24) is 15.2 Å². The summed E-state index contributed by atoms with van der Waals surface area (Å²) in [4.78, 5) is 21.8. The number of nitrogens with zero attached hydrogens (tertiary/aromatic N) is 3. The predicted molar refractivity (Wildman–Crippen MR) is 110 cm³/mol. The van der Waals surface area contributed by atoms with Crippen LogP contribution in [0.25, 0.3) is 0 Å². The molecule has 154 valence electrons. The monoisotopic (exact) mass is 398 g/mol. The maximum Gasteiger partial charge on any atom is 0.272 e. The molecule has 2 aromatic rings. The van der Waals surface area contributed by atoms with Gasteiger partial charge in [-0.25, -0.2) is 9.37 Å². The summed E-state index contributed by atoms with van der Waals surface area (Å²) in [5, 5.41) is 3.38. The SMILES string of the molecule is O=C(c1cccc(N2CCCNCC2)n1)N1CCC[C@H](Oc2ccc(F)cc2)C1. The van der Waals surface area contributed by atoms with Crippen LogP contribution in [-0.4, -0.2) is 61.2 Å². The van der Waals surface area contributed by atoms with E-state index in [4.69, 9.17) is 4.74 Å². The van der Waals surface area contributed by atoms with Crippen LogP contribution in [-0.2, 0) is 0 Å². The molecule has 0 saturated carbocycles. The molecule has 2 aliphatic rings. The van der Waals surface area contributed by atoms with Gasteiger partial charge in [-0.1, -0.05) is 6.07 Å². The maximum atomic E-state index is 13.1. The van der Waals surface area contributed by atoms with Crippen LogP contribution < -0.4 is 15.0 Å². The molecule has 0 spiro atoms. The summed E-state index contributed by atoms with van der Waals surface area (Å²) >= 11 is 0. The summed E-state index contributed by atoms with van der Waals surface area (Å²) < 4.78 is 19.1. The minimum absolute atomic E-state index is 0.0628. The first-order valence-corrected chi connectivity index (χ1v) is 10.3. The normalized spacial score (nSPS) is 20.2. The Morgan fingerprint density at radius 3 is 2.79 bits per heavy atom. The van der Waals surface area contributed by atoms with Crippen molar-refractivity contribution in [2.24, 2.45) is 0 Å². The topological polar surface area (TPSA) is 57.7 Å². The highest BCUT2D eigenvalue weighted by molar-refractivity contribution is 5.92. The van der Waals surface area contributed by atoms with Crippen molar-refractivity contribution in [2.75, 3.05) is 44.2 Å². The van der Waals surface area contributed by atoms with Crippen molar-refractivity contribution >= 4 is 11.7 Å². The molecule has 29 heavy (non-hydrogen) atoms. The van der Waals surface area contributed by atoms with Gasteiger partial charge < -0.3 is 19.9 Å². The number of anilines is 1. The van der Waals surface area contributed by atoms with Crippen LogP contribution in [0.4, 0.5) is 10.2 Å². The Balaban J connectivity index is 1.41. The molecule has 0 unspecified atom stereocenters. The first-order valence-electron chi connectivity index (χ1n) is 10.3. The van der Waals surface area contributed by atoms with Crippen molar-refractivity contribution in [1.29, 1.82) is 0 Å². The molecule has 0 aliphatic carbocycles. The van der Waals surface area contributed by atoms with Gasteiger partial charge >= 0.3 is 0 Å². The highest BCUT2D eigenvalue weighted by atomic mass is 19.1. The highest BCUT2D eigenvalue weighted by Crippen LogP contribution is 2.21. The van der Waals surface area contributed by atoms with Gasteiger partial charge in [0.1, 0.15) is 29.2 Å². The molecule has 1 atom stereocenters. The summed E-state index contributed by atoms with van der Waals surface area (Å²) in [6, 6.07) is 11.7. The molecular formula is C22H27FN4O2. The molecule has 1 aromatic heterocycles. The second kappa shape index (κ2) is 9.22. The third-order valence-electron chi connectivity index (χ3n) is 5.40. The molecule has 1 amide bonds. The van der Waals surface area contributed by atoms with E-state index in [1.54, 1.807) is 18.2 Å². The Bertz CT molecular complexity index is 822. The Labute approximate surface area is 170 Å². The van der Waals surface area contributed by atoms with Gasteiger partial charge in [0.15, 0.2) is 0 Å². The zero-order valence-electron chi connectivity index (χ0n) is 16.5. The van der Waals surface area contributed by atoms with E-state index in [9.17, 15) is 9.18 Å². The first-order chi connectivity index (χ1) is 14.2. The fourth-order valence-corrected chi connectivity index (χ4v) is 3.88. The number of ether oxygens (including phenoxy) is 1. The van der Waals surface area contributed by atoms with E-state index in [1.165, 1.54) is 12.1 Å². The van der Waals surface area contributed by atoms with E-state index in [0.717, 1.165) is 51.3 Å². The number of halogens is 1. The van der Waals surface area contributed by atoms with Crippen molar-refractivity contribution < 1.29 is 13.9 Å². The quantitative estimate of drug-likeness (QED) is 0.858. The van der Waals surface area contributed by atoms with Crippen LogP contribution in [0.3, 0.4) is 0 Å². The van der Waals surface area contributed by atoms with Gasteiger partial charge in [-0.2, -0.15) is 0 Å². The Morgan fingerprint density at radius 1 is 1.07 bits per heavy atom. The molecule has 3 heterocycles. The second-order valence-electron chi connectivity index (χ2n) is 7.56. The third-order valence-corrected chi connectivity index (χ3v) is 5.40. The number of rotatable bonds is 4. The number of likely N-dealkylation sites (tertiary alicyclic amines) is 1. The molecule has 1 N–H and O–H groups in total. The highest BCUT2D eigenvalue weighted by Gasteiger charge is 2.27. The molecule has 6 nitrogen and oxygen atoms in total. The molecule has 1 aromatic carbocycles. The Morgan fingerprint density at radius 2 is 1.93 bits per heavy atom. The van der Waals surface area contributed by atoms with Gasteiger partial charge in [0.2, 0.25) is 0 Å². The zero-order chi connectivity index (χ0) is 20.1. The summed E-state index contributed by atoms with van der Waals surface area (Å²) in [5.74, 6) is 1.13. The van der Waals surface area contributed by atoms with Crippen molar-refractivity contribution in [3.8, 4) is 5.75 Å². The fourth-order valence-electron chi connectivity index (χ4n) is 3.88. The van der Waals surface area contributed by atoms with Crippen molar-refractivity contribution in [2.45, 2.75) is 25.4 Å². The number of hydrogen-bond acceptors (Lipinski definition) is 5. The number of carbonyl (C=O) groups excluding carboxylic acids is 1. The lowest BCUT2D eigenvalue weighted by atomic mass is 10.1. The number of aromatic nitrogens is 1. The smallest absolute Gasteiger partial charge is 0.272 e. The van der Waals surface area contributed by atoms with Gasteiger partial charge in [0.05, 0.1) is 6.54 Å². The zero-order valence-corrected chi connectivity index (χ0v) is 16.5. The molecule has 0 bridgehead atoms. The van der Waals surface area contributed by atoms with E-state index in [-0.39, 0.29) is 17.8 Å². The molecule has 2 aliphatic heterocycles. The maximum absolute atomic E-state index is 13.1. The first kappa shape index (κ1) is 19.6. The minimum atomic E-state index is -0.288. The summed E-state index contributed by atoms with van der Waals surface area (Å²) in [7, 11) is 0. The average molecular weight is 398 g/mol. The fraction of sp³-hybridized carbons (Fsp3) is 0.455. The van der Waals surface area contributed by atoms with Gasteiger partial charge in [0.25, 0.3) is 5.91 Å². The number of nitrogens with one attached hydrogen (secondary N) is 1. The number of amides is 1.